The second kappa shape index (κ2) is 7.82. The third-order valence-electron chi connectivity index (χ3n) is 5.91. The average molecular weight is 432 g/mol. The largest absolute Gasteiger partial charge is 0.319 e. The van der Waals surface area contributed by atoms with Crippen molar-refractivity contribution in [2.24, 2.45) is 0 Å². The van der Waals surface area contributed by atoms with E-state index in [2.05, 4.69) is 15.4 Å². The lowest BCUT2D eigenvalue weighted by Crippen LogP contribution is -2.15. The number of carbonyl (C=O) groups is 1. The Kier molecular flexibility index (Phi) is 4.96. The van der Waals surface area contributed by atoms with Gasteiger partial charge in [0.1, 0.15) is 11.6 Å². The summed E-state index contributed by atoms with van der Waals surface area (Å²) >= 11 is 0. The number of hydrogen-bond acceptors (Lipinski definition) is 3. The van der Waals surface area contributed by atoms with Gasteiger partial charge < -0.3 is 5.32 Å². The second-order valence-electron chi connectivity index (χ2n) is 8.29. The predicted octanol–water partition coefficient (Wildman–Crippen LogP) is 5.50. The maximum absolute atomic E-state index is 14.7. The van der Waals surface area contributed by atoms with Crippen molar-refractivity contribution in [3.05, 3.63) is 88.4 Å². The first-order valence-corrected chi connectivity index (χ1v) is 10.6. The Bertz CT molecular complexity index is 1340. The first-order valence-electron chi connectivity index (χ1n) is 10.6. The number of aromatic nitrogens is 3. The van der Waals surface area contributed by atoms with E-state index in [9.17, 15) is 13.6 Å². The monoisotopic (exact) mass is 432 g/mol. The van der Waals surface area contributed by atoms with Gasteiger partial charge in [-0.3, -0.25) is 14.5 Å². The van der Waals surface area contributed by atoms with Crippen molar-refractivity contribution < 1.29 is 13.6 Å². The van der Waals surface area contributed by atoms with Crippen LogP contribution in [0, 0.1) is 25.5 Å². The van der Waals surface area contributed by atoms with Crippen LogP contribution in [0.4, 0.5) is 14.5 Å². The Hall–Kier alpha value is -3.61. The molecule has 5 nitrogen and oxygen atoms in total. The number of carbonyl (C=O) groups excluding carboxylic acids is 1. The van der Waals surface area contributed by atoms with E-state index in [1.807, 2.05) is 13.8 Å². The molecule has 5 rings (SSSR count). The zero-order valence-electron chi connectivity index (χ0n) is 17.8. The van der Waals surface area contributed by atoms with Crippen LogP contribution in [0.2, 0.25) is 0 Å². The topological polar surface area (TPSA) is 59.8 Å². The highest BCUT2D eigenvalue weighted by Crippen LogP contribution is 2.40. The number of nitrogens with zero attached hydrogens (tertiary/aromatic N) is 3. The van der Waals surface area contributed by atoms with Crippen molar-refractivity contribution in [1.29, 1.82) is 0 Å². The number of amides is 1. The van der Waals surface area contributed by atoms with Crippen molar-refractivity contribution >= 4 is 22.5 Å². The van der Waals surface area contributed by atoms with Crippen LogP contribution in [0.3, 0.4) is 0 Å². The molecule has 0 aliphatic heterocycles. The number of hydrogen-bond donors (Lipinski definition) is 1. The molecular formula is C25H22F2N4O. The van der Waals surface area contributed by atoms with Crippen molar-refractivity contribution in [1.82, 2.24) is 14.8 Å². The summed E-state index contributed by atoms with van der Waals surface area (Å²) in [6.45, 7) is 4.12. The van der Waals surface area contributed by atoms with E-state index in [0.29, 0.717) is 29.4 Å². The van der Waals surface area contributed by atoms with Gasteiger partial charge in [0.05, 0.1) is 34.7 Å². The summed E-state index contributed by atoms with van der Waals surface area (Å²) in [5, 5.41) is 7.70. The lowest BCUT2D eigenvalue weighted by Gasteiger charge is -2.11. The molecule has 1 fully saturated rings. The maximum atomic E-state index is 14.7. The molecule has 162 valence electrons. The van der Waals surface area contributed by atoms with E-state index in [0.717, 1.165) is 29.8 Å². The number of halogens is 2. The summed E-state index contributed by atoms with van der Waals surface area (Å²) in [5.41, 5.74) is 4.49. The molecule has 2 aromatic carbocycles. The lowest BCUT2D eigenvalue weighted by atomic mass is 10.0. The highest BCUT2D eigenvalue weighted by atomic mass is 19.1. The molecular weight excluding hydrogens is 410 g/mol. The van der Waals surface area contributed by atoms with Crippen LogP contribution in [0.5, 0.6) is 0 Å². The third-order valence-corrected chi connectivity index (χ3v) is 5.91. The molecule has 0 bridgehead atoms. The van der Waals surface area contributed by atoms with Crippen LogP contribution in [0.1, 0.15) is 51.8 Å². The first kappa shape index (κ1) is 20.3. The summed E-state index contributed by atoms with van der Waals surface area (Å²) in [6.07, 6.45) is 2.06. The normalized spacial score (nSPS) is 13.5. The van der Waals surface area contributed by atoms with E-state index in [-0.39, 0.29) is 16.8 Å². The fraction of sp³-hybridized carbons (Fsp3) is 0.240. The quantitative estimate of drug-likeness (QED) is 0.453. The van der Waals surface area contributed by atoms with Crippen molar-refractivity contribution in [3.8, 4) is 0 Å². The van der Waals surface area contributed by atoms with Crippen LogP contribution in [-0.2, 0) is 6.54 Å². The average Bonchev–Trinajstić information content (AvgIpc) is 3.59. The molecule has 1 N–H and O–H groups in total. The highest BCUT2D eigenvalue weighted by Gasteiger charge is 2.28. The molecule has 32 heavy (non-hydrogen) atoms. The van der Waals surface area contributed by atoms with Gasteiger partial charge in [0.2, 0.25) is 0 Å². The van der Waals surface area contributed by atoms with Crippen LogP contribution >= 0.6 is 0 Å². The van der Waals surface area contributed by atoms with Crippen LogP contribution < -0.4 is 5.32 Å². The smallest absolute Gasteiger partial charge is 0.256 e. The standard InChI is InChI=1S/C25H22F2N4O/c1-14-24(15(2)31(30-14)13-16-6-10-18(26)11-7-16)29-25(32)19-12-22(17-8-9-17)28-21-5-3-4-20(27)23(19)21/h3-7,10-12,17H,8-9,13H2,1-2H3,(H,29,32). The minimum Gasteiger partial charge on any atom is -0.319 e. The van der Waals surface area contributed by atoms with Gasteiger partial charge in [0, 0.05) is 17.0 Å². The zero-order valence-corrected chi connectivity index (χ0v) is 17.8. The van der Waals surface area contributed by atoms with Crippen molar-refractivity contribution in [3.63, 3.8) is 0 Å². The Balaban J connectivity index is 1.48. The summed E-state index contributed by atoms with van der Waals surface area (Å²) < 4.78 is 29.6. The van der Waals surface area contributed by atoms with Gasteiger partial charge in [0.25, 0.3) is 5.91 Å². The molecule has 1 amide bonds. The Morgan fingerprint density at radius 1 is 1.12 bits per heavy atom. The summed E-state index contributed by atoms with van der Waals surface area (Å²) in [7, 11) is 0. The number of fused-ring (bicyclic) bond motifs is 1. The number of pyridine rings is 1. The molecule has 0 unspecified atom stereocenters. The number of benzene rings is 2. The maximum Gasteiger partial charge on any atom is 0.256 e. The molecule has 2 heterocycles. The molecule has 1 aliphatic rings. The summed E-state index contributed by atoms with van der Waals surface area (Å²) in [4.78, 5) is 17.9. The highest BCUT2D eigenvalue weighted by molar-refractivity contribution is 6.13. The SMILES string of the molecule is Cc1nn(Cc2ccc(F)cc2)c(C)c1NC(=O)c1cc(C2CC2)nc2cccc(F)c12. The van der Waals surface area contributed by atoms with E-state index >= 15 is 0 Å². The number of anilines is 1. The molecule has 0 spiro atoms. The lowest BCUT2D eigenvalue weighted by molar-refractivity contribution is 0.102. The van der Waals surface area contributed by atoms with Gasteiger partial charge in [-0.1, -0.05) is 18.2 Å². The molecule has 1 aliphatic carbocycles. The van der Waals surface area contributed by atoms with Crippen molar-refractivity contribution in [2.75, 3.05) is 5.32 Å². The van der Waals surface area contributed by atoms with Crippen molar-refractivity contribution in [2.45, 2.75) is 39.2 Å². The van der Waals surface area contributed by atoms with Crippen LogP contribution in [-0.4, -0.2) is 20.7 Å². The minimum atomic E-state index is -0.469. The zero-order chi connectivity index (χ0) is 22.4. The molecule has 2 aromatic heterocycles. The summed E-state index contributed by atoms with van der Waals surface area (Å²) in [6, 6.07) is 12.6. The number of rotatable bonds is 5. The fourth-order valence-corrected chi connectivity index (χ4v) is 4.01. The predicted molar refractivity (Wildman–Crippen MR) is 119 cm³/mol. The molecule has 0 saturated heterocycles. The molecule has 7 heteroatoms. The van der Waals surface area contributed by atoms with E-state index in [1.54, 1.807) is 35.0 Å². The van der Waals surface area contributed by atoms with Gasteiger partial charge in [0.15, 0.2) is 0 Å². The third kappa shape index (κ3) is 3.75. The Labute approximate surface area is 184 Å². The first-order chi connectivity index (χ1) is 15.4. The molecule has 0 radical (unpaired) electrons. The second-order valence-corrected chi connectivity index (χ2v) is 8.29. The molecule has 4 aromatic rings. The van der Waals surface area contributed by atoms with E-state index in [4.69, 9.17) is 0 Å². The van der Waals surface area contributed by atoms with Gasteiger partial charge in [-0.05, 0) is 62.6 Å². The van der Waals surface area contributed by atoms with Gasteiger partial charge in [-0.15, -0.1) is 0 Å². The van der Waals surface area contributed by atoms with Crippen LogP contribution in [0.25, 0.3) is 10.9 Å². The van der Waals surface area contributed by atoms with Gasteiger partial charge in [-0.2, -0.15) is 5.10 Å². The van der Waals surface area contributed by atoms with E-state index in [1.165, 1.54) is 18.2 Å². The summed E-state index contributed by atoms with van der Waals surface area (Å²) in [5.74, 6) is -0.825. The minimum absolute atomic E-state index is 0.225. The number of nitrogens with one attached hydrogen (secondary N) is 1. The molecule has 0 atom stereocenters. The van der Waals surface area contributed by atoms with Gasteiger partial charge in [-0.25, -0.2) is 8.78 Å². The number of aryl methyl sites for hydroxylation is 1. The van der Waals surface area contributed by atoms with Crippen LogP contribution in [0.15, 0.2) is 48.5 Å². The Morgan fingerprint density at radius 2 is 1.88 bits per heavy atom. The van der Waals surface area contributed by atoms with Gasteiger partial charge >= 0.3 is 0 Å². The fourth-order valence-electron chi connectivity index (χ4n) is 4.01. The Morgan fingerprint density at radius 3 is 2.59 bits per heavy atom. The van der Waals surface area contributed by atoms with E-state index < -0.39 is 11.7 Å². The molecule has 1 saturated carbocycles.